The SMILES string of the molecule is CCC1CCC(C)N1C1CCC(NC(C)C)(C(N)=O)C1. The number of carbonyl (C=O) groups is 1. The third kappa shape index (κ3) is 2.86. The molecule has 20 heavy (non-hydrogen) atoms. The lowest BCUT2D eigenvalue weighted by Gasteiger charge is -2.36. The van der Waals surface area contributed by atoms with Gasteiger partial charge in [0.15, 0.2) is 0 Å². The number of nitrogens with zero attached hydrogens (tertiary/aromatic N) is 1. The summed E-state index contributed by atoms with van der Waals surface area (Å²) in [6.07, 6.45) is 6.64. The highest BCUT2D eigenvalue weighted by Crippen LogP contribution is 2.39. The molecule has 1 saturated heterocycles. The van der Waals surface area contributed by atoms with Gasteiger partial charge in [-0.15, -0.1) is 0 Å². The van der Waals surface area contributed by atoms with Crippen molar-refractivity contribution in [3.05, 3.63) is 0 Å². The molecule has 1 amide bonds. The highest BCUT2D eigenvalue weighted by atomic mass is 16.1. The van der Waals surface area contributed by atoms with Gasteiger partial charge in [0.1, 0.15) is 0 Å². The van der Waals surface area contributed by atoms with Gasteiger partial charge in [-0.3, -0.25) is 9.69 Å². The second-order valence-electron chi connectivity index (χ2n) is 7.08. The molecule has 1 aliphatic heterocycles. The average molecular weight is 281 g/mol. The number of amides is 1. The van der Waals surface area contributed by atoms with Gasteiger partial charge in [0.25, 0.3) is 0 Å². The highest BCUT2D eigenvalue weighted by Gasteiger charge is 2.48. The first kappa shape index (κ1) is 15.8. The summed E-state index contributed by atoms with van der Waals surface area (Å²) in [6.45, 7) is 8.78. The summed E-state index contributed by atoms with van der Waals surface area (Å²) in [5.41, 5.74) is 5.24. The summed E-state index contributed by atoms with van der Waals surface area (Å²) in [4.78, 5) is 14.7. The van der Waals surface area contributed by atoms with Gasteiger partial charge in [0, 0.05) is 24.2 Å². The molecule has 4 heteroatoms. The molecule has 2 rings (SSSR count). The Kier molecular flexibility index (Phi) is 4.75. The Hall–Kier alpha value is -0.610. The van der Waals surface area contributed by atoms with Crippen LogP contribution in [-0.4, -0.2) is 40.5 Å². The van der Waals surface area contributed by atoms with E-state index in [0.717, 1.165) is 19.3 Å². The Bertz CT molecular complexity index is 358. The van der Waals surface area contributed by atoms with Crippen LogP contribution < -0.4 is 11.1 Å². The maximum Gasteiger partial charge on any atom is 0.237 e. The maximum atomic E-state index is 12.0. The molecule has 1 heterocycles. The van der Waals surface area contributed by atoms with Crippen LogP contribution in [0.15, 0.2) is 0 Å². The van der Waals surface area contributed by atoms with E-state index in [1.807, 2.05) is 0 Å². The molecular weight excluding hydrogens is 250 g/mol. The van der Waals surface area contributed by atoms with Gasteiger partial charge in [-0.1, -0.05) is 6.92 Å². The van der Waals surface area contributed by atoms with Crippen LogP contribution in [0.25, 0.3) is 0 Å². The number of hydrogen-bond donors (Lipinski definition) is 2. The molecule has 4 atom stereocenters. The second kappa shape index (κ2) is 6.02. The zero-order chi connectivity index (χ0) is 14.9. The number of rotatable bonds is 5. The van der Waals surface area contributed by atoms with Crippen molar-refractivity contribution in [1.82, 2.24) is 10.2 Å². The van der Waals surface area contributed by atoms with E-state index < -0.39 is 5.54 Å². The molecule has 116 valence electrons. The highest BCUT2D eigenvalue weighted by molar-refractivity contribution is 5.85. The first-order valence-electron chi connectivity index (χ1n) is 8.24. The lowest BCUT2D eigenvalue weighted by atomic mass is 9.94. The quantitative estimate of drug-likeness (QED) is 0.810. The first-order valence-corrected chi connectivity index (χ1v) is 8.24. The van der Waals surface area contributed by atoms with Crippen molar-refractivity contribution in [2.75, 3.05) is 0 Å². The maximum absolute atomic E-state index is 12.0. The molecule has 1 saturated carbocycles. The lowest BCUT2D eigenvalue weighted by molar-refractivity contribution is -0.124. The lowest BCUT2D eigenvalue weighted by Crippen LogP contribution is -2.57. The Morgan fingerprint density at radius 1 is 1.40 bits per heavy atom. The molecule has 0 aromatic carbocycles. The smallest absolute Gasteiger partial charge is 0.237 e. The molecule has 4 nitrogen and oxygen atoms in total. The number of hydrogen-bond acceptors (Lipinski definition) is 3. The van der Waals surface area contributed by atoms with Crippen LogP contribution in [0.2, 0.25) is 0 Å². The minimum atomic E-state index is -0.487. The van der Waals surface area contributed by atoms with Crippen molar-refractivity contribution < 1.29 is 4.79 Å². The molecule has 0 aromatic rings. The summed E-state index contributed by atoms with van der Waals surface area (Å²) >= 11 is 0. The van der Waals surface area contributed by atoms with E-state index in [4.69, 9.17) is 5.73 Å². The molecule has 1 aliphatic carbocycles. The third-order valence-corrected chi connectivity index (χ3v) is 5.27. The Labute approximate surface area is 123 Å². The summed E-state index contributed by atoms with van der Waals surface area (Å²) in [5, 5.41) is 3.45. The van der Waals surface area contributed by atoms with Gasteiger partial charge in [-0.25, -0.2) is 0 Å². The molecule has 0 radical (unpaired) electrons. The minimum absolute atomic E-state index is 0.173. The standard InChI is InChI=1S/C16H31N3O/c1-5-13-7-6-12(4)19(13)14-8-9-16(10-14,15(17)20)18-11(2)3/h11-14,18H,5-10H2,1-4H3,(H2,17,20). The fraction of sp³-hybridized carbons (Fsp3) is 0.938. The van der Waals surface area contributed by atoms with Gasteiger partial charge >= 0.3 is 0 Å². The molecule has 2 aliphatic rings. The predicted octanol–water partition coefficient (Wildman–Crippen LogP) is 2.02. The molecule has 3 N–H and O–H groups in total. The van der Waals surface area contributed by atoms with Gasteiger partial charge < -0.3 is 11.1 Å². The van der Waals surface area contributed by atoms with E-state index in [-0.39, 0.29) is 5.91 Å². The van der Waals surface area contributed by atoms with Gasteiger partial charge in [0.2, 0.25) is 5.91 Å². The van der Waals surface area contributed by atoms with E-state index in [2.05, 4.69) is 37.9 Å². The van der Waals surface area contributed by atoms with Crippen LogP contribution >= 0.6 is 0 Å². The van der Waals surface area contributed by atoms with Crippen molar-refractivity contribution >= 4 is 5.91 Å². The van der Waals surface area contributed by atoms with Crippen LogP contribution in [0.1, 0.15) is 66.2 Å². The predicted molar refractivity (Wildman–Crippen MR) is 82.5 cm³/mol. The van der Waals surface area contributed by atoms with Crippen LogP contribution in [0.4, 0.5) is 0 Å². The van der Waals surface area contributed by atoms with E-state index in [9.17, 15) is 4.79 Å². The van der Waals surface area contributed by atoms with E-state index >= 15 is 0 Å². The minimum Gasteiger partial charge on any atom is -0.368 e. The number of nitrogens with two attached hydrogens (primary N) is 1. The van der Waals surface area contributed by atoms with Crippen molar-refractivity contribution in [1.29, 1.82) is 0 Å². The number of carbonyl (C=O) groups excluding carboxylic acids is 1. The first-order chi connectivity index (χ1) is 9.39. The van der Waals surface area contributed by atoms with Crippen molar-refractivity contribution in [3.8, 4) is 0 Å². The fourth-order valence-electron chi connectivity index (χ4n) is 4.42. The zero-order valence-electron chi connectivity index (χ0n) is 13.5. The third-order valence-electron chi connectivity index (χ3n) is 5.27. The van der Waals surface area contributed by atoms with Gasteiger partial charge in [-0.2, -0.15) is 0 Å². The van der Waals surface area contributed by atoms with Crippen molar-refractivity contribution in [3.63, 3.8) is 0 Å². The van der Waals surface area contributed by atoms with Crippen molar-refractivity contribution in [2.24, 2.45) is 5.73 Å². The monoisotopic (exact) mass is 281 g/mol. The summed E-state index contributed by atoms with van der Waals surface area (Å²) in [5.74, 6) is -0.173. The Balaban J connectivity index is 2.11. The topological polar surface area (TPSA) is 58.4 Å². The molecule has 2 fully saturated rings. The average Bonchev–Trinajstić information content (AvgIpc) is 2.93. The summed E-state index contributed by atoms with van der Waals surface area (Å²) in [7, 11) is 0. The molecule has 0 bridgehead atoms. The molecule has 0 aromatic heterocycles. The van der Waals surface area contributed by atoms with Crippen LogP contribution in [0.5, 0.6) is 0 Å². The number of nitrogens with one attached hydrogen (secondary N) is 1. The van der Waals surface area contributed by atoms with Gasteiger partial charge in [0.05, 0.1) is 5.54 Å². The van der Waals surface area contributed by atoms with E-state index in [0.29, 0.717) is 24.2 Å². The van der Waals surface area contributed by atoms with Crippen LogP contribution in [0.3, 0.4) is 0 Å². The second-order valence-corrected chi connectivity index (χ2v) is 7.08. The van der Waals surface area contributed by atoms with Crippen LogP contribution in [-0.2, 0) is 4.79 Å². The summed E-state index contributed by atoms with van der Waals surface area (Å²) in [6, 6.07) is 2.14. The van der Waals surface area contributed by atoms with Crippen LogP contribution in [0, 0.1) is 0 Å². The largest absolute Gasteiger partial charge is 0.368 e. The fourth-order valence-corrected chi connectivity index (χ4v) is 4.42. The molecular formula is C16H31N3O. The zero-order valence-corrected chi connectivity index (χ0v) is 13.5. The Morgan fingerprint density at radius 3 is 2.65 bits per heavy atom. The number of likely N-dealkylation sites (tertiary alicyclic amines) is 1. The summed E-state index contributed by atoms with van der Waals surface area (Å²) < 4.78 is 0. The normalized spacial score (nSPS) is 38.8. The van der Waals surface area contributed by atoms with E-state index in [1.54, 1.807) is 0 Å². The molecule has 0 spiro atoms. The molecule has 4 unspecified atom stereocenters. The van der Waals surface area contributed by atoms with Crippen molar-refractivity contribution in [2.45, 2.75) is 95.9 Å². The van der Waals surface area contributed by atoms with Gasteiger partial charge in [-0.05, 0) is 59.3 Å². The number of primary amides is 1. The Morgan fingerprint density at radius 2 is 2.10 bits per heavy atom. The van der Waals surface area contributed by atoms with E-state index in [1.165, 1.54) is 19.3 Å².